The van der Waals surface area contributed by atoms with Gasteiger partial charge in [0.05, 0.1) is 11.3 Å². The predicted octanol–water partition coefficient (Wildman–Crippen LogP) is 4.79. The molecule has 31 heavy (non-hydrogen) atoms. The number of aryl methyl sites for hydroxylation is 1. The average molecular weight is 417 g/mol. The Morgan fingerprint density at radius 1 is 1.10 bits per heavy atom. The quantitative estimate of drug-likeness (QED) is 0.674. The van der Waals surface area contributed by atoms with E-state index >= 15 is 0 Å². The molecule has 5 heteroatoms. The Morgan fingerprint density at radius 2 is 1.77 bits per heavy atom. The molecule has 0 saturated heterocycles. The van der Waals surface area contributed by atoms with Crippen molar-refractivity contribution in [2.24, 2.45) is 10.5 Å². The highest BCUT2D eigenvalue weighted by molar-refractivity contribution is 6.21. The lowest BCUT2D eigenvalue weighted by Gasteiger charge is -2.31. The zero-order valence-corrected chi connectivity index (χ0v) is 18.5. The molecule has 160 valence electrons. The van der Waals surface area contributed by atoms with Crippen LogP contribution in [0.4, 0.5) is 0 Å². The standard InChI is InChI=1S/C26H28N2O3/c1-18-10-12-20(13-11-18)22-26(24(30)28(27-22)25(2,3)4)15-14-21(16-26)23(29)31-17-19-8-6-5-7-9-19/h5-14H,15-17H2,1-4H3/t26-/m1/s1. The van der Waals surface area contributed by atoms with E-state index in [0.717, 1.165) is 22.4 Å². The number of rotatable bonds is 4. The smallest absolute Gasteiger partial charge is 0.334 e. The fourth-order valence-electron chi connectivity index (χ4n) is 4.13. The molecular weight excluding hydrogens is 388 g/mol. The van der Waals surface area contributed by atoms with Crippen LogP contribution in [0.5, 0.6) is 0 Å². The van der Waals surface area contributed by atoms with E-state index in [1.54, 1.807) is 5.01 Å². The molecule has 1 heterocycles. The highest BCUT2D eigenvalue weighted by atomic mass is 16.5. The molecule has 0 unspecified atom stereocenters. The highest BCUT2D eigenvalue weighted by Crippen LogP contribution is 2.47. The van der Waals surface area contributed by atoms with Crippen molar-refractivity contribution in [2.45, 2.75) is 52.7 Å². The molecular formula is C26H28N2O3. The summed E-state index contributed by atoms with van der Waals surface area (Å²) in [6.07, 6.45) is 2.60. The maximum Gasteiger partial charge on any atom is 0.334 e. The van der Waals surface area contributed by atoms with Crippen LogP contribution in [0.2, 0.25) is 0 Å². The number of benzene rings is 2. The van der Waals surface area contributed by atoms with Crippen LogP contribution in [0.1, 0.15) is 50.3 Å². The van der Waals surface area contributed by atoms with Crippen molar-refractivity contribution >= 4 is 17.6 Å². The largest absolute Gasteiger partial charge is 0.457 e. The van der Waals surface area contributed by atoms with Gasteiger partial charge in [-0.15, -0.1) is 0 Å². The number of esters is 1. The minimum atomic E-state index is -0.858. The third kappa shape index (κ3) is 3.92. The van der Waals surface area contributed by atoms with Crippen molar-refractivity contribution in [3.8, 4) is 0 Å². The molecule has 1 aliphatic heterocycles. The van der Waals surface area contributed by atoms with Crippen LogP contribution in [-0.2, 0) is 20.9 Å². The highest BCUT2D eigenvalue weighted by Gasteiger charge is 2.56. The van der Waals surface area contributed by atoms with E-state index in [-0.39, 0.29) is 18.5 Å². The first kappa shape index (κ1) is 21.0. The Morgan fingerprint density at radius 3 is 2.42 bits per heavy atom. The van der Waals surface area contributed by atoms with Crippen LogP contribution in [-0.4, -0.2) is 28.1 Å². The third-order valence-electron chi connectivity index (χ3n) is 5.88. The second-order valence-electron chi connectivity index (χ2n) is 9.36. The Labute approximate surface area is 183 Å². The van der Waals surface area contributed by atoms with Crippen molar-refractivity contribution < 1.29 is 14.3 Å². The van der Waals surface area contributed by atoms with Gasteiger partial charge in [-0.25, -0.2) is 9.80 Å². The lowest BCUT2D eigenvalue weighted by molar-refractivity contribution is -0.141. The van der Waals surface area contributed by atoms with Gasteiger partial charge < -0.3 is 4.74 Å². The van der Waals surface area contributed by atoms with E-state index in [1.165, 1.54) is 0 Å². The minimum absolute atomic E-state index is 0.0577. The van der Waals surface area contributed by atoms with Crippen molar-refractivity contribution in [3.05, 3.63) is 82.9 Å². The number of amides is 1. The lowest BCUT2D eigenvalue weighted by atomic mass is 9.76. The summed E-state index contributed by atoms with van der Waals surface area (Å²) in [5.41, 5.74) is 2.95. The average Bonchev–Trinajstić information content (AvgIpc) is 3.31. The lowest BCUT2D eigenvalue weighted by Crippen LogP contribution is -2.45. The maximum atomic E-state index is 13.6. The van der Waals surface area contributed by atoms with E-state index in [9.17, 15) is 9.59 Å². The first-order chi connectivity index (χ1) is 14.7. The van der Waals surface area contributed by atoms with Gasteiger partial charge in [0.1, 0.15) is 12.0 Å². The molecule has 1 amide bonds. The van der Waals surface area contributed by atoms with Gasteiger partial charge in [0.2, 0.25) is 0 Å². The van der Waals surface area contributed by atoms with Gasteiger partial charge in [0, 0.05) is 5.57 Å². The Bertz CT molecular complexity index is 1060. The Hall–Kier alpha value is -3.21. The molecule has 1 spiro atoms. The number of nitrogens with zero attached hydrogens (tertiary/aromatic N) is 2. The molecule has 0 aromatic heterocycles. The van der Waals surface area contributed by atoms with Gasteiger partial charge in [-0.2, -0.15) is 5.10 Å². The fraction of sp³-hybridized carbons (Fsp3) is 0.346. The maximum absolute atomic E-state index is 13.6. The molecule has 4 rings (SSSR count). The van der Waals surface area contributed by atoms with Gasteiger partial charge in [0.25, 0.3) is 5.91 Å². The second kappa shape index (κ2) is 7.80. The number of hydrogen-bond acceptors (Lipinski definition) is 4. The Kier molecular flexibility index (Phi) is 5.29. The topological polar surface area (TPSA) is 59.0 Å². The molecule has 2 aromatic carbocycles. The summed E-state index contributed by atoms with van der Waals surface area (Å²) in [6.45, 7) is 8.15. The summed E-state index contributed by atoms with van der Waals surface area (Å²) in [6, 6.07) is 17.6. The van der Waals surface area contributed by atoms with Crippen molar-refractivity contribution in [3.63, 3.8) is 0 Å². The molecule has 2 aliphatic rings. The summed E-state index contributed by atoms with van der Waals surface area (Å²) < 4.78 is 5.53. The van der Waals surface area contributed by atoms with Crippen LogP contribution < -0.4 is 0 Å². The number of carbonyl (C=O) groups excluding carboxylic acids is 2. The summed E-state index contributed by atoms with van der Waals surface area (Å²) >= 11 is 0. The molecule has 1 aliphatic carbocycles. The normalized spacial score (nSPS) is 20.8. The van der Waals surface area contributed by atoms with E-state index in [0.29, 0.717) is 18.4 Å². The first-order valence-electron chi connectivity index (χ1n) is 10.6. The molecule has 1 atom stereocenters. The molecule has 5 nitrogen and oxygen atoms in total. The zero-order chi connectivity index (χ0) is 22.2. The van der Waals surface area contributed by atoms with Crippen LogP contribution in [0.15, 0.2) is 71.3 Å². The minimum Gasteiger partial charge on any atom is -0.457 e. The van der Waals surface area contributed by atoms with E-state index in [1.807, 2.05) is 88.4 Å². The van der Waals surface area contributed by atoms with Crippen molar-refractivity contribution in [1.82, 2.24) is 5.01 Å². The first-order valence-corrected chi connectivity index (χ1v) is 10.6. The zero-order valence-electron chi connectivity index (χ0n) is 18.5. The van der Waals surface area contributed by atoms with Crippen LogP contribution >= 0.6 is 0 Å². The Balaban J connectivity index is 1.59. The SMILES string of the molecule is Cc1ccc(C2=NN(C(C)(C)C)C(=O)[C@@]23CC=C(C(=O)OCc2ccccc2)C3)cc1. The summed E-state index contributed by atoms with van der Waals surface area (Å²) in [5.74, 6) is -0.427. The third-order valence-corrected chi connectivity index (χ3v) is 5.88. The van der Waals surface area contributed by atoms with E-state index in [2.05, 4.69) is 0 Å². The van der Waals surface area contributed by atoms with E-state index < -0.39 is 11.0 Å². The molecule has 0 fully saturated rings. The van der Waals surface area contributed by atoms with Gasteiger partial charge >= 0.3 is 5.97 Å². The molecule has 0 N–H and O–H groups in total. The number of hydrogen-bond donors (Lipinski definition) is 0. The summed E-state index contributed by atoms with van der Waals surface area (Å²) in [5, 5.41) is 6.36. The van der Waals surface area contributed by atoms with Crippen LogP contribution in [0.25, 0.3) is 0 Å². The number of carbonyl (C=O) groups is 2. The van der Waals surface area contributed by atoms with Gasteiger partial charge in [-0.1, -0.05) is 66.2 Å². The summed E-state index contributed by atoms with van der Waals surface area (Å²) in [4.78, 5) is 26.4. The molecule has 0 saturated carbocycles. The number of ether oxygens (including phenoxy) is 1. The number of allylic oxidation sites excluding steroid dienone is 1. The van der Waals surface area contributed by atoms with Crippen molar-refractivity contribution in [2.75, 3.05) is 0 Å². The van der Waals surface area contributed by atoms with Crippen molar-refractivity contribution in [1.29, 1.82) is 0 Å². The predicted molar refractivity (Wildman–Crippen MR) is 120 cm³/mol. The fourth-order valence-corrected chi connectivity index (χ4v) is 4.13. The van der Waals surface area contributed by atoms with Gasteiger partial charge in [-0.05, 0) is 51.7 Å². The molecule has 0 bridgehead atoms. The van der Waals surface area contributed by atoms with E-state index in [4.69, 9.17) is 9.84 Å². The molecule has 0 radical (unpaired) electrons. The number of hydrazone groups is 1. The van der Waals surface area contributed by atoms with Gasteiger partial charge in [-0.3, -0.25) is 4.79 Å². The van der Waals surface area contributed by atoms with Crippen LogP contribution in [0, 0.1) is 12.3 Å². The summed E-state index contributed by atoms with van der Waals surface area (Å²) in [7, 11) is 0. The van der Waals surface area contributed by atoms with Crippen LogP contribution in [0.3, 0.4) is 0 Å². The molecule has 2 aromatic rings. The monoisotopic (exact) mass is 416 g/mol. The van der Waals surface area contributed by atoms with Gasteiger partial charge in [0.15, 0.2) is 0 Å². The second-order valence-corrected chi connectivity index (χ2v) is 9.36.